The van der Waals surface area contributed by atoms with Gasteiger partial charge in [-0.2, -0.15) is 0 Å². The molecule has 0 N–H and O–H groups in total. The summed E-state index contributed by atoms with van der Waals surface area (Å²) in [4.78, 5) is 0. The SMILES string of the molecule is C#CC#CC#CC#CC#CC#CC#CC#CC#CC#CC#C.Cc1ccccc1. The normalized spacial score (nSPS) is 4.93. The average molecular weight is 358 g/mol. The number of benzene rings is 1. The molecule has 0 fully saturated rings. The Hall–Kier alpha value is -5.62. The topological polar surface area (TPSA) is 0 Å². The van der Waals surface area contributed by atoms with E-state index in [1.165, 1.54) is 5.56 Å². The van der Waals surface area contributed by atoms with Crippen LogP contribution in [-0.4, -0.2) is 0 Å². The number of aryl methyl sites for hydroxylation is 1. The van der Waals surface area contributed by atoms with Gasteiger partial charge in [0, 0.05) is 23.7 Å². The zero-order valence-corrected chi connectivity index (χ0v) is 15.5. The minimum atomic E-state index is 1.32. The molecule has 0 unspecified atom stereocenters. The van der Waals surface area contributed by atoms with Crippen LogP contribution in [0.5, 0.6) is 0 Å². The van der Waals surface area contributed by atoms with Crippen LogP contribution in [0.4, 0.5) is 0 Å². The first-order valence-corrected chi connectivity index (χ1v) is 7.74. The third kappa shape index (κ3) is 20.3. The maximum atomic E-state index is 4.90. The Labute approximate surface area is 174 Å². The van der Waals surface area contributed by atoms with Gasteiger partial charge in [-0.15, -0.1) is 12.8 Å². The predicted octanol–water partition coefficient (Wildman–Crippen LogP) is 2.28. The molecular formula is C29H10. The van der Waals surface area contributed by atoms with E-state index in [4.69, 9.17) is 12.8 Å². The van der Waals surface area contributed by atoms with Crippen molar-refractivity contribution in [1.29, 1.82) is 0 Å². The van der Waals surface area contributed by atoms with Crippen LogP contribution in [0.1, 0.15) is 5.56 Å². The second-order valence-corrected chi connectivity index (χ2v) is 4.19. The van der Waals surface area contributed by atoms with Crippen molar-refractivity contribution >= 4 is 0 Å². The van der Waals surface area contributed by atoms with E-state index >= 15 is 0 Å². The molecule has 0 saturated carbocycles. The Morgan fingerprint density at radius 2 is 0.655 bits per heavy atom. The smallest absolute Gasteiger partial charge is 0 e. The lowest BCUT2D eigenvalue weighted by Gasteiger charge is -1.82. The first-order chi connectivity index (χ1) is 14.3. The molecule has 0 nitrogen and oxygen atoms in total. The standard InChI is InChI=1S/C22H2.C7H8/c1-3-5-7-9-11-13-15-17-19-21-22-20-18-16-14-12-10-8-6-4-2;1-7-5-3-2-4-6-7/h1-2H;2-6H,1H3. The minimum Gasteiger partial charge on any atom is -0.106 e. The van der Waals surface area contributed by atoms with E-state index in [1.54, 1.807) is 0 Å². The molecule has 1 aromatic carbocycles. The van der Waals surface area contributed by atoms with Crippen LogP contribution in [0.25, 0.3) is 0 Å². The molecule has 0 amide bonds. The molecule has 0 atom stereocenters. The van der Waals surface area contributed by atoms with Crippen molar-refractivity contribution in [2.45, 2.75) is 6.92 Å². The lowest BCUT2D eigenvalue weighted by molar-refractivity contribution is 1.48. The summed E-state index contributed by atoms with van der Waals surface area (Å²) in [7, 11) is 0. The van der Waals surface area contributed by atoms with Crippen molar-refractivity contribution in [1.82, 2.24) is 0 Å². The Morgan fingerprint density at radius 1 is 0.414 bits per heavy atom. The molecule has 1 aromatic rings. The van der Waals surface area contributed by atoms with E-state index in [-0.39, 0.29) is 0 Å². The van der Waals surface area contributed by atoms with Crippen LogP contribution < -0.4 is 0 Å². The average Bonchev–Trinajstić information content (AvgIpc) is 2.74. The first kappa shape index (κ1) is 23.4. The van der Waals surface area contributed by atoms with E-state index in [2.05, 4.69) is 137 Å². The number of hydrogen-bond acceptors (Lipinski definition) is 0. The Morgan fingerprint density at radius 3 is 0.828 bits per heavy atom. The van der Waals surface area contributed by atoms with Crippen molar-refractivity contribution in [2.75, 3.05) is 0 Å². The van der Waals surface area contributed by atoms with Gasteiger partial charge in [0.2, 0.25) is 0 Å². The highest BCUT2D eigenvalue weighted by Gasteiger charge is 1.72. The molecule has 0 spiro atoms. The van der Waals surface area contributed by atoms with Crippen LogP contribution in [0.3, 0.4) is 0 Å². The van der Waals surface area contributed by atoms with Gasteiger partial charge in [-0.25, -0.2) is 0 Å². The second-order valence-electron chi connectivity index (χ2n) is 4.19. The third-order valence-electron chi connectivity index (χ3n) is 2.15. The molecule has 0 heterocycles. The lowest BCUT2D eigenvalue weighted by atomic mass is 10.2. The summed E-state index contributed by atoms with van der Waals surface area (Å²) in [5.41, 5.74) is 1.32. The highest BCUT2D eigenvalue weighted by atomic mass is 13.8. The Balaban J connectivity index is 0.000000929. The molecule has 29 heavy (non-hydrogen) atoms. The van der Waals surface area contributed by atoms with Gasteiger partial charge in [0.25, 0.3) is 0 Å². The number of rotatable bonds is 0. The lowest BCUT2D eigenvalue weighted by Crippen LogP contribution is -1.62. The van der Waals surface area contributed by atoms with Crippen LogP contribution in [-0.2, 0) is 0 Å². The van der Waals surface area contributed by atoms with Gasteiger partial charge in [-0.3, -0.25) is 0 Å². The van der Waals surface area contributed by atoms with E-state index in [0.29, 0.717) is 0 Å². The van der Waals surface area contributed by atoms with Crippen LogP contribution in [0.2, 0.25) is 0 Å². The molecule has 126 valence electrons. The van der Waals surface area contributed by atoms with Crippen molar-refractivity contribution in [3.05, 3.63) is 35.9 Å². The van der Waals surface area contributed by atoms with Crippen LogP contribution in [0.15, 0.2) is 30.3 Å². The zero-order chi connectivity index (χ0) is 21.3. The Kier molecular flexibility index (Phi) is 16.5. The van der Waals surface area contributed by atoms with Gasteiger partial charge in [0.15, 0.2) is 0 Å². The summed E-state index contributed by atoms with van der Waals surface area (Å²) in [5.74, 6) is 48.2. The largest absolute Gasteiger partial charge is 0.106 e. The molecule has 0 saturated heterocycles. The Bertz CT molecular complexity index is 1250. The molecular weight excluding hydrogens is 348 g/mol. The number of terminal acetylenes is 2. The summed E-state index contributed by atoms with van der Waals surface area (Å²) >= 11 is 0. The van der Waals surface area contributed by atoms with Crippen molar-refractivity contribution in [2.24, 2.45) is 0 Å². The minimum absolute atomic E-state index is 1.32. The highest BCUT2D eigenvalue weighted by Crippen LogP contribution is 1.92. The first-order valence-electron chi connectivity index (χ1n) is 7.74. The number of hydrogen-bond donors (Lipinski definition) is 0. The van der Waals surface area contributed by atoms with Crippen molar-refractivity contribution in [3.63, 3.8) is 0 Å². The molecule has 0 aliphatic heterocycles. The maximum absolute atomic E-state index is 4.90. The molecule has 0 radical (unpaired) electrons. The van der Waals surface area contributed by atoms with Gasteiger partial charge < -0.3 is 0 Å². The fourth-order valence-corrected chi connectivity index (χ4v) is 1.11. The summed E-state index contributed by atoms with van der Waals surface area (Å²) in [6, 6.07) is 10.3. The van der Waals surface area contributed by atoms with E-state index < -0.39 is 0 Å². The van der Waals surface area contributed by atoms with Gasteiger partial charge in [0.1, 0.15) is 0 Å². The van der Waals surface area contributed by atoms with Crippen LogP contribution >= 0.6 is 0 Å². The van der Waals surface area contributed by atoms with E-state index in [1.807, 2.05) is 18.2 Å². The monoisotopic (exact) mass is 358 g/mol. The molecule has 0 aliphatic rings. The third-order valence-corrected chi connectivity index (χ3v) is 2.15. The fraction of sp³-hybridized carbons (Fsp3) is 0.0345. The molecule has 0 aromatic heterocycles. The van der Waals surface area contributed by atoms with E-state index in [0.717, 1.165) is 0 Å². The summed E-state index contributed by atoms with van der Waals surface area (Å²) in [6.45, 7) is 2.08. The summed E-state index contributed by atoms with van der Waals surface area (Å²) in [6.07, 6.45) is 9.80. The summed E-state index contributed by atoms with van der Waals surface area (Å²) < 4.78 is 0. The van der Waals surface area contributed by atoms with E-state index in [9.17, 15) is 0 Å². The van der Waals surface area contributed by atoms with Gasteiger partial charge in [0.05, 0.1) is 0 Å². The fourth-order valence-electron chi connectivity index (χ4n) is 1.11. The molecule has 0 aliphatic carbocycles. The predicted molar refractivity (Wildman–Crippen MR) is 119 cm³/mol. The highest BCUT2D eigenvalue weighted by molar-refractivity contribution is 5.47. The second kappa shape index (κ2) is 20.4. The quantitative estimate of drug-likeness (QED) is 0.625. The molecule has 1 rings (SSSR count). The molecule has 0 heteroatoms. The van der Waals surface area contributed by atoms with Gasteiger partial charge >= 0.3 is 0 Å². The maximum Gasteiger partial charge on any atom is 0 e. The van der Waals surface area contributed by atoms with Crippen molar-refractivity contribution < 1.29 is 0 Å². The molecule has 0 bridgehead atoms. The van der Waals surface area contributed by atoms with Gasteiger partial charge in [-0.05, 0) is 102 Å². The zero-order valence-electron chi connectivity index (χ0n) is 15.5. The van der Waals surface area contributed by atoms with Crippen molar-refractivity contribution in [3.8, 4) is 131 Å². The summed E-state index contributed by atoms with van der Waals surface area (Å²) in [5, 5.41) is 0. The van der Waals surface area contributed by atoms with Crippen LogP contribution in [0, 0.1) is 138 Å². The van der Waals surface area contributed by atoms with Gasteiger partial charge in [-0.1, -0.05) is 35.9 Å².